The smallest absolute Gasteiger partial charge is 0.311 e. The molecule has 3 aromatic rings. The second-order valence-corrected chi connectivity index (χ2v) is 7.51. The minimum atomic E-state index is -1.34. The maximum atomic E-state index is 13.2. The van der Waals surface area contributed by atoms with E-state index in [0.29, 0.717) is 17.0 Å². The van der Waals surface area contributed by atoms with Crippen molar-refractivity contribution < 1.29 is 19.4 Å². The number of para-hydroxylation sites is 1. The molecule has 0 aliphatic carbocycles. The van der Waals surface area contributed by atoms with Crippen molar-refractivity contribution in [3.8, 4) is 0 Å². The van der Waals surface area contributed by atoms with Crippen molar-refractivity contribution in [2.24, 2.45) is 4.99 Å². The van der Waals surface area contributed by atoms with Gasteiger partial charge in [-0.2, -0.15) is 0 Å². The molecule has 0 fully saturated rings. The first kappa shape index (κ1) is 23.0. The zero-order chi connectivity index (χ0) is 25.1. The molecule has 35 heavy (non-hydrogen) atoms. The molecule has 12 heteroatoms. The Kier molecular flexibility index (Phi) is 6.18. The summed E-state index contributed by atoms with van der Waals surface area (Å²) < 4.78 is 0. The predicted octanol–water partition coefficient (Wildman–Crippen LogP) is 3.46. The van der Waals surface area contributed by atoms with E-state index in [0.717, 1.165) is 23.8 Å². The van der Waals surface area contributed by atoms with Crippen molar-refractivity contribution in [3.63, 3.8) is 0 Å². The minimum Gasteiger partial charge on any atom is -0.311 e. The van der Waals surface area contributed by atoms with Crippen molar-refractivity contribution >= 4 is 40.4 Å². The van der Waals surface area contributed by atoms with Crippen molar-refractivity contribution in [1.29, 1.82) is 0 Å². The SMILES string of the molecule is CN1C(=O)[C@@H](NC(=O)Nc2cc([N+](=O)[O-])cc([N+](=O)[O-])c2)N=C(c2ccccc2)c2ccccc21. The number of fused-ring (bicyclic) bond motifs is 1. The van der Waals surface area contributed by atoms with Gasteiger partial charge >= 0.3 is 6.03 Å². The zero-order valence-electron chi connectivity index (χ0n) is 18.2. The number of aliphatic imine (C=N–C) groups is 1. The molecule has 0 saturated heterocycles. The van der Waals surface area contributed by atoms with Gasteiger partial charge in [0.25, 0.3) is 17.3 Å². The number of likely N-dealkylation sites (N-methyl/N-ethyl adjacent to an activating group) is 1. The lowest BCUT2D eigenvalue weighted by molar-refractivity contribution is -0.394. The summed E-state index contributed by atoms with van der Waals surface area (Å²) in [6, 6.07) is 18.1. The molecule has 1 heterocycles. The summed E-state index contributed by atoms with van der Waals surface area (Å²) in [7, 11) is 1.56. The number of urea groups is 1. The number of non-ortho nitro benzene ring substituents is 2. The van der Waals surface area contributed by atoms with Crippen molar-refractivity contribution in [2.45, 2.75) is 6.17 Å². The number of carbonyl (C=O) groups is 2. The molecule has 3 aromatic carbocycles. The van der Waals surface area contributed by atoms with Crippen molar-refractivity contribution in [3.05, 3.63) is 104 Å². The maximum absolute atomic E-state index is 13.2. The highest BCUT2D eigenvalue weighted by Crippen LogP contribution is 2.28. The third-order valence-corrected chi connectivity index (χ3v) is 5.24. The molecule has 1 aliphatic rings. The normalized spacial score (nSPS) is 14.9. The zero-order valence-corrected chi connectivity index (χ0v) is 18.2. The van der Waals surface area contributed by atoms with Crippen LogP contribution < -0.4 is 15.5 Å². The highest BCUT2D eigenvalue weighted by molar-refractivity contribution is 6.20. The Balaban J connectivity index is 1.67. The van der Waals surface area contributed by atoms with E-state index in [1.165, 1.54) is 4.90 Å². The van der Waals surface area contributed by atoms with Crippen LogP contribution in [0.2, 0.25) is 0 Å². The Morgan fingerprint density at radius 3 is 2.17 bits per heavy atom. The maximum Gasteiger partial charge on any atom is 0.321 e. The lowest BCUT2D eigenvalue weighted by Crippen LogP contribution is -2.47. The molecule has 176 valence electrons. The largest absolute Gasteiger partial charge is 0.321 e. The fourth-order valence-electron chi connectivity index (χ4n) is 3.61. The second kappa shape index (κ2) is 9.39. The highest BCUT2D eigenvalue weighted by Gasteiger charge is 2.31. The van der Waals surface area contributed by atoms with E-state index in [9.17, 15) is 29.8 Å². The van der Waals surface area contributed by atoms with Crippen LogP contribution in [0.1, 0.15) is 11.1 Å². The van der Waals surface area contributed by atoms with Crippen LogP contribution in [0.5, 0.6) is 0 Å². The number of benzodiazepines with no additional fused rings is 1. The molecule has 0 spiro atoms. The van der Waals surface area contributed by atoms with Crippen LogP contribution in [0.15, 0.2) is 77.8 Å². The number of nitro groups is 2. The van der Waals surface area contributed by atoms with Crippen LogP contribution in [-0.2, 0) is 4.79 Å². The van der Waals surface area contributed by atoms with Gasteiger partial charge in [0, 0.05) is 30.3 Å². The lowest BCUT2D eigenvalue weighted by atomic mass is 10.0. The van der Waals surface area contributed by atoms with Crippen LogP contribution in [0.4, 0.5) is 27.5 Å². The van der Waals surface area contributed by atoms with Gasteiger partial charge in [-0.3, -0.25) is 25.0 Å². The van der Waals surface area contributed by atoms with Crippen LogP contribution in [0, 0.1) is 20.2 Å². The van der Waals surface area contributed by atoms with Gasteiger partial charge in [-0.25, -0.2) is 9.79 Å². The van der Waals surface area contributed by atoms with Gasteiger partial charge < -0.3 is 15.5 Å². The van der Waals surface area contributed by atoms with Gasteiger partial charge in [-0.1, -0.05) is 48.5 Å². The quantitative estimate of drug-likeness (QED) is 0.425. The minimum absolute atomic E-state index is 0.187. The Labute approximate surface area is 198 Å². The fraction of sp³-hybridized carbons (Fsp3) is 0.0870. The molecule has 3 amide bonds. The van der Waals surface area contributed by atoms with E-state index in [2.05, 4.69) is 15.6 Å². The number of anilines is 2. The van der Waals surface area contributed by atoms with Gasteiger partial charge in [0.1, 0.15) is 0 Å². The monoisotopic (exact) mass is 474 g/mol. The third-order valence-electron chi connectivity index (χ3n) is 5.24. The Morgan fingerprint density at radius 1 is 0.943 bits per heavy atom. The van der Waals surface area contributed by atoms with Crippen molar-refractivity contribution in [1.82, 2.24) is 5.32 Å². The number of amides is 3. The van der Waals surface area contributed by atoms with Gasteiger partial charge in [0.2, 0.25) is 6.17 Å². The number of hydrogen-bond donors (Lipinski definition) is 2. The molecule has 1 aliphatic heterocycles. The summed E-state index contributed by atoms with van der Waals surface area (Å²) in [5.41, 5.74) is 1.17. The molecule has 0 radical (unpaired) electrons. The standard InChI is InChI=1S/C23H18N6O6/c1-27-19-10-6-5-9-18(19)20(14-7-3-2-4-8-14)25-21(22(27)30)26-23(31)24-15-11-16(28(32)33)13-17(12-15)29(34)35/h2-13,21H,1H3,(H2,24,26,31)/t21-/m1/s1. The lowest BCUT2D eigenvalue weighted by Gasteiger charge is -2.21. The summed E-state index contributed by atoms with van der Waals surface area (Å²) in [6.07, 6.45) is -1.34. The molecule has 2 N–H and O–H groups in total. The number of nitrogens with zero attached hydrogens (tertiary/aromatic N) is 4. The summed E-state index contributed by atoms with van der Waals surface area (Å²) in [5.74, 6) is -0.524. The van der Waals surface area contributed by atoms with Gasteiger partial charge in [0.15, 0.2) is 0 Å². The number of nitro benzene ring substituents is 2. The van der Waals surface area contributed by atoms with Crippen molar-refractivity contribution in [2.75, 3.05) is 17.3 Å². The molecule has 1 atom stereocenters. The van der Waals surface area contributed by atoms with Crippen LogP contribution >= 0.6 is 0 Å². The Morgan fingerprint density at radius 2 is 1.54 bits per heavy atom. The van der Waals surface area contributed by atoms with Crippen LogP contribution in [0.3, 0.4) is 0 Å². The number of benzene rings is 3. The molecule has 12 nitrogen and oxygen atoms in total. The summed E-state index contributed by atoms with van der Waals surface area (Å²) >= 11 is 0. The Bertz CT molecular complexity index is 1340. The molecular weight excluding hydrogens is 456 g/mol. The van der Waals surface area contributed by atoms with E-state index in [-0.39, 0.29) is 5.69 Å². The first-order chi connectivity index (χ1) is 16.7. The topological polar surface area (TPSA) is 160 Å². The van der Waals surface area contributed by atoms with E-state index in [4.69, 9.17) is 0 Å². The molecule has 0 aromatic heterocycles. The van der Waals surface area contributed by atoms with Gasteiger partial charge in [-0.15, -0.1) is 0 Å². The first-order valence-electron chi connectivity index (χ1n) is 10.3. The number of hydrogen-bond acceptors (Lipinski definition) is 7. The number of nitrogens with one attached hydrogen (secondary N) is 2. The van der Waals surface area contributed by atoms with E-state index in [1.807, 2.05) is 42.5 Å². The van der Waals surface area contributed by atoms with E-state index < -0.39 is 39.3 Å². The predicted molar refractivity (Wildman–Crippen MR) is 128 cm³/mol. The fourth-order valence-corrected chi connectivity index (χ4v) is 3.61. The molecule has 0 unspecified atom stereocenters. The van der Waals surface area contributed by atoms with Gasteiger partial charge in [-0.05, 0) is 6.07 Å². The summed E-state index contributed by atoms with van der Waals surface area (Å²) in [6.45, 7) is 0. The van der Waals surface area contributed by atoms with E-state index >= 15 is 0 Å². The van der Waals surface area contributed by atoms with Crippen LogP contribution in [-0.4, -0.2) is 40.7 Å². The number of carbonyl (C=O) groups excluding carboxylic acids is 2. The highest BCUT2D eigenvalue weighted by atomic mass is 16.6. The van der Waals surface area contributed by atoms with Gasteiger partial charge in [0.05, 0.1) is 33.0 Å². The average molecular weight is 474 g/mol. The van der Waals surface area contributed by atoms with E-state index in [1.54, 1.807) is 19.2 Å². The molecular formula is C23H18N6O6. The Hall–Kier alpha value is -5.13. The molecule has 0 bridgehead atoms. The molecule has 4 rings (SSSR count). The average Bonchev–Trinajstić information content (AvgIpc) is 2.95. The first-order valence-corrected chi connectivity index (χ1v) is 10.3. The summed E-state index contributed by atoms with van der Waals surface area (Å²) in [5, 5.41) is 27.0. The molecule has 0 saturated carbocycles. The number of rotatable bonds is 5. The van der Waals surface area contributed by atoms with Crippen LogP contribution in [0.25, 0.3) is 0 Å². The second-order valence-electron chi connectivity index (χ2n) is 7.51. The summed E-state index contributed by atoms with van der Waals surface area (Å²) in [4.78, 5) is 52.4. The third kappa shape index (κ3) is 4.80.